The minimum Gasteiger partial charge on any atom is -0.462 e. The van der Waals surface area contributed by atoms with E-state index in [4.69, 9.17) is 14.2 Å². The Hall–Kier alpha value is -2.37. The van der Waals surface area contributed by atoms with Crippen LogP contribution in [0.15, 0.2) is 36.5 Å². The fourth-order valence-corrected chi connectivity index (χ4v) is 10.8. The van der Waals surface area contributed by atoms with Gasteiger partial charge < -0.3 is 14.2 Å². The number of carbonyl (C=O) groups is 3. The molecule has 0 aliphatic rings. The highest BCUT2D eigenvalue weighted by atomic mass is 16.6. The lowest BCUT2D eigenvalue weighted by atomic mass is 10.0. The summed E-state index contributed by atoms with van der Waals surface area (Å²) in [5, 5.41) is 0. The summed E-state index contributed by atoms with van der Waals surface area (Å²) in [6.45, 7) is 6.67. The Labute approximate surface area is 493 Å². The van der Waals surface area contributed by atoms with Crippen LogP contribution in [0.25, 0.3) is 0 Å². The first kappa shape index (κ1) is 76.6. The summed E-state index contributed by atoms with van der Waals surface area (Å²) < 4.78 is 16.9. The summed E-state index contributed by atoms with van der Waals surface area (Å²) >= 11 is 0. The lowest BCUT2D eigenvalue weighted by molar-refractivity contribution is -0.167. The molecule has 0 aliphatic carbocycles. The molecule has 0 aromatic heterocycles. The molecule has 0 aromatic rings. The molecule has 0 amide bonds. The highest BCUT2D eigenvalue weighted by Gasteiger charge is 2.19. The summed E-state index contributed by atoms with van der Waals surface area (Å²) in [6, 6.07) is 0. The van der Waals surface area contributed by atoms with Crippen molar-refractivity contribution in [1.82, 2.24) is 0 Å². The van der Waals surface area contributed by atoms with Gasteiger partial charge in [0.05, 0.1) is 0 Å². The SMILES string of the molecule is CCCCCCC/C=C\C/C=C\C/C=C\CCCCCCCCCCCCC(=O)OC(COC(=O)CCCCCCCCCC)COC(=O)CCCCCCCCCCCCCCCCCCCCCCCCCCCCCC. The van der Waals surface area contributed by atoms with Gasteiger partial charge in [0.25, 0.3) is 0 Å². The van der Waals surface area contributed by atoms with Crippen molar-refractivity contribution in [3.05, 3.63) is 36.5 Å². The Balaban J connectivity index is 4.07. The molecule has 6 nitrogen and oxygen atoms in total. The fourth-order valence-electron chi connectivity index (χ4n) is 10.8. The van der Waals surface area contributed by atoms with Crippen LogP contribution in [0.3, 0.4) is 0 Å². The number of allylic oxidation sites excluding steroid dienone is 6. The minimum absolute atomic E-state index is 0.0684. The van der Waals surface area contributed by atoms with Gasteiger partial charge in [-0.3, -0.25) is 14.4 Å². The molecular weight excluding hydrogens is 973 g/mol. The number of ether oxygens (including phenoxy) is 3. The smallest absolute Gasteiger partial charge is 0.306 e. The van der Waals surface area contributed by atoms with Crippen LogP contribution in [0, 0.1) is 0 Å². The largest absolute Gasteiger partial charge is 0.462 e. The topological polar surface area (TPSA) is 78.9 Å². The standard InChI is InChI=1S/C73H136O6/c1-4-7-10-13-16-19-21-23-25-27-29-31-33-35-36-37-39-40-42-44-46-48-50-52-54-57-60-63-66-72(75)78-69-70(68-77-71(74)65-62-59-56-18-15-12-9-6-3)79-73(76)67-64-61-58-55-53-51-49-47-45-43-41-38-34-32-30-28-26-24-22-20-17-14-11-8-5-2/h22,24,28,30,34,38,70H,4-21,23,25-27,29,31-33,35-37,39-69H2,1-3H3/b24-22-,30-28-,38-34-. The Morgan fingerprint density at radius 1 is 0.253 bits per heavy atom. The predicted molar refractivity (Wildman–Crippen MR) is 344 cm³/mol. The molecule has 1 atom stereocenters. The van der Waals surface area contributed by atoms with Crippen LogP contribution in [0.2, 0.25) is 0 Å². The maximum Gasteiger partial charge on any atom is 0.306 e. The quantitative estimate of drug-likeness (QED) is 0.0261. The monoisotopic (exact) mass is 1110 g/mol. The van der Waals surface area contributed by atoms with Crippen LogP contribution in [-0.4, -0.2) is 37.2 Å². The van der Waals surface area contributed by atoms with Crippen molar-refractivity contribution >= 4 is 17.9 Å². The molecule has 0 rings (SSSR count). The van der Waals surface area contributed by atoms with E-state index in [1.54, 1.807) is 0 Å². The van der Waals surface area contributed by atoms with E-state index in [1.807, 2.05) is 0 Å². The van der Waals surface area contributed by atoms with Gasteiger partial charge in [-0.1, -0.05) is 353 Å². The number of rotatable bonds is 66. The van der Waals surface area contributed by atoms with Gasteiger partial charge in [0, 0.05) is 19.3 Å². The molecule has 1 unspecified atom stereocenters. The molecule has 0 saturated carbocycles. The average Bonchev–Trinajstić information content (AvgIpc) is 3.45. The van der Waals surface area contributed by atoms with Gasteiger partial charge >= 0.3 is 17.9 Å². The van der Waals surface area contributed by atoms with Crippen molar-refractivity contribution in [2.45, 2.75) is 399 Å². The molecular formula is C73H136O6. The normalized spacial score (nSPS) is 12.2. The second-order valence-corrected chi connectivity index (χ2v) is 24.2. The Morgan fingerprint density at radius 2 is 0.456 bits per heavy atom. The van der Waals surface area contributed by atoms with Crippen molar-refractivity contribution < 1.29 is 28.6 Å². The highest BCUT2D eigenvalue weighted by Crippen LogP contribution is 2.19. The first-order valence-corrected chi connectivity index (χ1v) is 35.5. The summed E-state index contributed by atoms with van der Waals surface area (Å²) in [6.07, 6.45) is 84.9. The minimum atomic E-state index is -0.770. The van der Waals surface area contributed by atoms with Crippen molar-refractivity contribution in [2.75, 3.05) is 13.2 Å². The van der Waals surface area contributed by atoms with Crippen molar-refractivity contribution in [3.8, 4) is 0 Å². The first-order valence-electron chi connectivity index (χ1n) is 35.5. The van der Waals surface area contributed by atoms with Crippen molar-refractivity contribution in [2.24, 2.45) is 0 Å². The van der Waals surface area contributed by atoms with Crippen LogP contribution in [-0.2, 0) is 28.6 Å². The Kier molecular flexibility index (Phi) is 66.1. The van der Waals surface area contributed by atoms with Crippen LogP contribution in [0.1, 0.15) is 393 Å². The van der Waals surface area contributed by atoms with Gasteiger partial charge in [-0.15, -0.1) is 0 Å². The number of hydrogen-bond acceptors (Lipinski definition) is 6. The van der Waals surface area contributed by atoms with Crippen LogP contribution >= 0.6 is 0 Å². The molecule has 79 heavy (non-hydrogen) atoms. The van der Waals surface area contributed by atoms with Gasteiger partial charge in [-0.05, 0) is 57.8 Å². The number of hydrogen-bond donors (Lipinski definition) is 0. The van der Waals surface area contributed by atoms with Crippen molar-refractivity contribution in [3.63, 3.8) is 0 Å². The lowest BCUT2D eigenvalue weighted by Gasteiger charge is -2.18. The molecule has 0 fully saturated rings. The molecule has 0 bridgehead atoms. The third kappa shape index (κ3) is 66.3. The summed E-state index contributed by atoms with van der Waals surface area (Å²) in [4.78, 5) is 38.2. The van der Waals surface area contributed by atoms with Crippen LogP contribution in [0.4, 0.5) is 0 Å². The maximum absolute atomic E-state index is 12.9. The zero-order valence-electron chi connectivity index (χ0n) is 53.4. The van der Waals surface area contributed by atoms with Gasteiger partial charge in [0.1, 0.15) is 13.2 Å². The second-order valence-electron chi connectivity index (χ2n) is 24.2. The van der Waals surface area contributed by atoms with E-state index in [9.17, 15) is 14.4 Å². The van der Waals surface area contributed by atoms with Gasteiger partial charge in [0.15, 0.2) is 6.10 Å². The zero-order chi connectivity index (χ0) is 57.1. The van der Waals surface area contributed by atoms with Crippen LogP contribution < -0.4 is 0 Å². The third-order valence-corrected chi connectivity index (χ3v) is 16.1. The highest BCUT2D eigenvalue weighted by molar-refractivity contribution is 5.71. The van der Waals surface area contributed by atoms with Gasteiger partial charge in [-0.2, -0.15) is 0 Å². The Bertz CT molecular complexity index is 1320. The fraction of sp³-hybridized carbons (Fsp3) is 0.877. The van der Waals surface area contributed by atoms with E-state index in [0.717, 1.165) is 70.6 Å². The Morgan fingerprint density at radius 3 is 0.709 bits per heavy atom. The first-order chi connectivity index (χ1) is 39.0. The molecule has 0 saturated heterocycles. The van der Waals surface area contributed by atoms with E-state index < -0.39 is 6.10 Å². The molecule has 0 aliphatic heterocycles. The number of carbonyl (C=O) groups excluding carboxylic acids is 3. The van der Waals surface area contributed by atoms with E-state index in [2.05, 4.69) is 57.2 Å². The number of esters is 3. The summed E-state index contributed by atoms with van der Waals surface area (Å²) in [5.41, 5.74) is 0. The molecule has 464 valence electrons. The molecule has 0 radical (unpaired) electrons. The molecule has 0 heterocycles. The summed E-state index contributed by atoms with van der Waals surface area (Å²) in [7, 11) is 0. The predicted octanol–water partition coefficient (Wildman–Crippen LogP) is 24.3. The average molecular weight is 1110 g/mol. The molecule has 0 N–H and O–H groups in total. The van der Waals surface area contributed by atoms with Gasteiger partial charge in [-0.25, -0.2) is 0 Å². The van der Waals surface area contributed by atoms with Gasteiger partial charge in [0.2, 0.25) is 0 Å². The number of unbranched alkanes of at least 4 members (excludes halogenated alkanes) is 49. The van der Waals surface area contributed by atoms with E-state index in [-0.39, 0.29) is 31.1 Å². The van der Waals surface area contributed by atoms with Crippen LogP contribution in [0.5, 0.6) is 0 Å². The van der Waals surface area contributed by atoms with E-state index in [0.29, 0.717) is 19.3 Å². The third-order valence-electron chi connectivity index (χ3n) is 16.1. The zero-order valence-corrected chi connectivity index (χ0v) is 53.4. The van der Waals surface area contributed by atoms with E-state index in [1.165, 1.54) is 283 Å². The molecule has 0 aromatic carbocycles. The molecule has 6 heteroatoms. The maximum atomic E-state index is 12.9. The summed E-state index contributed by atoms with van der Waals surface area (Å²) in [5.74, 6) is -0.851. The molecule has 0 spiro atoms. The second kappa shape index (κ2) is 68.1. The van der Waals surface area contributed by atoms with E-state index >= 15 is 0 Å². The lowest BCUT2D eigenvalue weighted by Crippen LogP contribution is -2.30. The van der Waals surface area contributed by atoms with Crippen molar-refractivity contribution in [1.29, 1.82) is 0 Å².